The monoisotopic (exact) mass is 412 g/mol. The highest BCUT2D eigenvalue weighted by Gasteiger charge is 2.14. The van der Waals surface area contributed by atoms with Gasteiger partial charge in [0.05, 0.1) is 19.9 Å². The summed E-state index contributed by atoms with van der Waals surface area (Å²) in [5.74, 6) is 3.82. The van der Waals surface area contributed by atoms with E-state index in [1.54, 1.807) is 20.3 Å². The Morgan fingerprint density at radius 3 is 2.48 bits per heavy atom. The molecule has 4 nitrogen and oxygen atoms in total. The summed E-state index contributed by atoms with van der Waals surface area (Å²) in [7, 11) is 3.20. The molecule has 0 aliphatic carbocycles. The number of benzene rings is 2. The van der Waals surface area contributed by atoms with E-state index in [-0.39, 0.29) is 0 Å². The standard InChI is InChI=1S/C27H28N2O2/c1-8-11-14-22(10-3)19(4)29-25-18-27(31-7)26(30-6)17-24(25)20(5)28-23-15-12-13-21(9-2)16-23/h2,8,10-18,28H,1,5H2,3-4,6-7H3/b14-11-,22-10+,29-19?. The van der Waals surface area contributed by atoms with Crippen LogP contribution in [0.4, 0.5) is 11.4 Å². The molecule has 2 aromatic carbocycles. The minimum atomic E-state index is 0.587. The fraction of sp³-hybridized carbons (Fsp3) is 0.148. The second-order valence-corrected chi connectivity index (χ2v) is 6.59. The van der Waals surface area contributed by atoms with Crippen molar-refractivity contribution in [2.45, 2.75) is 13.8 Å². The van der Waals surface area contributed by atoms with Crippen LogP contribution in [0, 0.1) is 12.3 Å². The summed E-state index contributed by atoms with van der Waals surface area (Å²) in [5, 5.41) is 3.32. The largest absolute Gasteiger partial charge is 0.493 e. The van der Waals surface area contributed by atoms with Crippen LogP contribution in [0.15, 0.2) is 84.4 Å². The van der Waals surface area contributed by atoms with Gasteiger partial charge in [0, 0.05) is 34.3 Å². The molecule has 0 spiro atoms. The Balaban J connectivity index is 2.55. The van der Waals surface area contributed by atoms with Crippen LogP contribution in [0.2, 0.25) is 0 Å². The quantitative estimate of drug-likeness (QED) is 0.288. The summed E-state index contributed by atoms with van der Waals surface area (Å²) in [6.07, 6.45) is 13.1. The van der Waals surface area contributed by atoms with Gasteiger partial charge in [-0.05, 0) is 43.7 Å². The van der Waals surface area contributed by atoms with E-state index in [0.717, 1.165) is 28.1 Å². The molecule has 0 amide bonds. The lowest BCUT2D eigenvalue weighted by Gasteiger charge is -2.16. The first-order valence-electron chi connectivity index (χ1n) is 9.77. The molecule has 0 unspecified atom stereocenters. The van der Waals surface area contributed by atoms with Gasteiger partial charge in [0.25, 0.3) is 0 Å². The van der Waals surface area contributed by atoms with Crippen LogP contribution in [0.5, 0.6) is 11.5 Å². The van der Waals surface area contributed by atoms with Gasteiger partial charge in [-0.1, -0.05) is 49.4 Å². The zero-order valence-electron chi connectivity index (χ0n) is 18.5. The second kappa shape index (κ2) is 11.3. The lowest BCUT2D eigenvalue weighted by molar-refractivity contribution is 0.355. The smallest absolute Gasteiger partial charge is 0.162 e. The summed E-state index contributed by atoms with van der Waals surface area (Å²) < 4.78 is 11.0. The molecule has 0 radical (unpaired) electrons. The van der Waals surface area contributed by atoms with Crippen molar-refractivity contribution in [2.24, 2.45) is 4.99 Å². The molecule has 0 bridgehead atoms. The third kappa shape index (κ3) is 6.01. The predicted molar refractivity (Wildman–Crippen MR) is 132 cm³/mol. The first-order chi connectivity index (χ1) is 15.0. The van der Waals surface area contributed by atoms with Crippen molar-refractivity contribution in [3.05, 3.63) is 90.6 Å². The van der Waals surface area contributed by atoms with Gasteiger partial charge in [0.15, 0.2) is 11.5 Å². The molecule has 2 rings (SSSR count). The van der Waals surface area contributed by atoms with Crippen LogP contribution in [-0.2, 0) is 0 Å². The zero-order chi connectivity index (χ0) is 22.8. The van der Waals surface area contributed by atoms with Gasteiger partial charge in [-0.3, -0.25) is 4.99 Å². The molecule has 0 heterocycles. The van der Waals surface area contributed by atoms with Crippen LogP contribution in [-0.4, -0.2) is 19.9 Å². The number of ether oxygens (including phenoxy) is 2. The van der Waals surface area contributed by atoms with Gasteiger partial charge in [-0.25, -0.2) is 0 Å². The SMILES string of the molecule is C#Cc1cccc(NC(=C)c2cc(OC)c(OC)cc2N=C(C)C(/C=C\C=C)=C/C)c1. The predicted octanol–water partition coefficient (Wildman–Crippen LogP) is 6.55. The number of nitrogens with one attached hydrogen (secondary N) is 1. The topological polar surface area (TPSA) is 42.8 Å². The molecule has 0 aromatic heterocycles. The van der Waals surface area contributed by atoms with Crippen molar-refractivity contribution in [3.63, 3.8) is 0 Å². The summed E-state index contributed by atoms with van der Waals surface area (Å²) in [5.41, 5.74) is 5.59. The molecule has 0 saturated heterocycles. The Hall–Kier alpha value is -3.97. The lowest BCUT2D eigenvalue weighted by atomic mass is 10.1. The minimum absolute atomic E-state index is 0.587. The summed E-state index contributed by atoms with van der Waals surface area (Å²) in [6.45, 7) is 11.9. The highest BCUT2D eigenvalue weighted by atomic mass is 16.5. The number of aliphatic imine (C=N–C) groups is 1. The number of methoxy groups -OCH3 is 2. The molecule has 158 valence electrons. The van der Waals surface area contributed by atoms with Crippen LogP contribution >= 0.6 is 0 Å². The highest BCUT2D eigenvalue weighted by Crippen LogP contribution is 2.38. The van der Waals surface area contributed by atoms with E-state index in [1.165, 1.54) is 0 Å². The number of anilines is 1. The Bertz CT molecular complexity index is 1100. The van der Waals surface area contributed by atoms with E-state index in [0.29, 0.717) is 22.9 Å². The van der Waals surface area contributed by atoms with Crippen LogP contribution in [0.3, 0.4) is 0 Å². The van der Waals surface area contributed by atoms with Crippen molar-refractivity contribution < 1.29 is 9.47 Å². The van der Waals surface area contributed by atoms with E-state index in [1.807, 2.05) is 68.5 Å². The molecule has 0 fully saturated rings. The average molecular weight is 413 g/mol. The van der Waals surface area contributed by atoms with E-state index < -0.39 is 0 Å². The van der Waals surface area contributed by atoms with E-state index >= 15 is 0 Å². The summed E-state index contributed by atoms with van der Waals surface area (Å²) in [6, 6.07) is 11.3. The number of terminal acetylenes is 1. The third-order valence-electron chi connectivity index (χ3n) is 4.58. The van der Waals surface area contributed by atoms with Crippen LogP contribution in [0.1, 0.15) is 25.0 Å². The maximum absolute atomic E-state index is 5.52. The number of rotatable bonds is 9. The third-order valence-corrected chi connectivity index (χ3v) is 4.58. The normalized spacial score (nSPS) is 11.7. The van der Waals surface area contributed by atoms with E-state index in [9.17, 15) is 0 Å². The van der Waals surface area contributed by atoms with Crippen molar-refractivity contribution >= 4 is 22.8 Å². The maximum Gasteiger partial charge on any atom is 0.162 e. The number of allylic oxidation sites excluding steroid dienone is 5. The van der Waals surface area contributed by atoms with Crippen molar-refractivity contribution in [1.29, 1.82) is 0 Å². The van der Waals surface area contributed by atoms with Gasteiger partial charge in [0.2, 0.25) is 0 Å². The molecular weight excluding hydrogens is 384 g/mol. The van der Waals surface area contributed by atoms with Gasteiger partial charge in [0.1, 0.15) is 0 Å². The Kier molecular flexibility index (Phi) is 8.48. The molecular formula is C27H28N2O2. The molecule has 0 atom stereocenters. The van der Waals surface area contributed by atoms with Gasteiger partial charge in [-0.2, -0.15) is 0 Å². The number of hydrogen-bond donors (Lipinski definition) is 1. The first-order valence-corrected chi connectivity index (χ1v) is 9.77. The van der Waals surface area contributed by atoms with Gasteiger partial charge < -0.3 is 14.8 Å². The van der Waals surface area contributed by atoms with Crippen molar-refractivity contribution in [1.82, 2.24) is 0 Å². The maximum atomic E-state index is 5.52. The van der Waals surface area contributed by atoms with Crippen LogP contribution in [0.25, 0.3) is 5.70 Å². The average Bonchev–Trinajstić information content (AvgIpc) is 2.79. The fourth-order valence-corrected chi connectivity index (χ4v) is 2.97. The molecule has 0 aliphatic rings. The highest BCUT2D eigenvalue weighted by molar-refractivity contribution is 6.03. The molecule has 1 N–H and O–H groups in total. The molecule has 0 saturated carbocycles. The van der Waals surface area contributed by atoms with Gasteiger partial charge in [-0.15, -0.1) is 6.42 Å². The molecule has 0 aliphatic heterocycles. The zero-order valence-corrected chi connectivity index (χ0v) is 18.5. The number of nitrogens with zero attached hydrogens (tertiary/aromatic N) is 1. The summed E-state index contributed by atoms with van der Waals surface area (Å²) in [4.78, 5) is 4.86. The Morgan fingerprint density at radius 1 is 1.16 bits per heavy atom. The number of hydrogen-bond acceptors (Lipinski definition) is 4. The Morgan fingerprint density at radius 2 is 1.87 bits per heavy atom. The first kappa shape index (κ1) is 23.3. The Labute approximate surface area is 185 Å². The van der Waals surface area contributed by atoms with Crippen molar-refractivity contribution in [3.8, 4) is 23.8 Å². The molecule has 4 heteroatoms. The van der Waals surface area contributed by atoms with E-state index in [2.05, 4.69) is 24.4 Å². The van der Waals surface area contributed by atoms with Crippen LogP contribution < -0.4 is 14.8 Å². The molecule has 2 aromatic rings. The minimum Gasteiger partial charge on any atom is -0.493 e. The fourth-order valence-electron chi connectivity index (χ4n) is 2.97. The summed E-state index contributed by atoms with van der Waals surface area (Å²) >= 11 is 0. The van der Waals surface area contributed by atoms with Crippen molar-refractivity contribution in [2.75, 3.05) is 19.5 Å². The van der Waals surface area contributed by atoms with E-state index in [4.69, 9.17) is 20.9 Å². The molecule has 31 heavy (non-hydrogen) atoms. The second-order valence-electron chi connectivity index (χ2n) is 6.59. The lowest BCUT2D eigenvalue weighted by Crippen LogP contribution is -2.01. The van der Waals surface area contributed by atoms with Gasteiger partial charge >= 0.3 is 0 Å².